The fourth-order valence-corrected chi connectivity index (χ4v) is 2.40. The van der Waals surface area contributed by atoms with Crippen molar-refractivity contribution in [2.24, 2.45) is 11.8 Å². The van der Waals surface area contributed by atoms with Crippen molar-refractivity contribution in [3.63, 3.8) is 0 Å². The molecule has 104 valence electrons. The Morgan fingerprint density at radius 1 is 1.39 bits per heavy atom. The lowest BCUT2D eigenvalue weighted by Gasteiger charge is -2.28. The standard InChI is InChI=1S/C13H24N2O3/c1-8(2)7-14-12(16)10(4)15-6-5-9(3)11(15)13(17)18/h8-11H,5-7H2,1-4H3,(H,14,16)(H,17,18). The maximum absolute atomic E-state index is 12.0. The molecule has 5 nitrogen and oxygen atoms in total. The summed E-state index contributed by atoms with van der Waals surface area (Å²) >= 11 is 0. The van der Waals surface area contributed by atoms with Crippen LogP contribution in [0.25, 0.3) is 0 Å². The number of carbonyl (C=O) groups excluding carboxylic acids is 1. The molecule has 3 unspecified atom stereocenters. The Kier molecular flexibility index (Phi) is 5.14. The van der Waals surface area contributed by atoms with Crippen LogP contribution < -0.4 is 5.32 Å². The molecular formula is C13H24N2O3. The number of carbonyl (C=O) groups is 2. The highest BCUT2D eigenvalue weighted by Crippen LogP contribution is 2.26. The smallest absolute Gasteiger partial charge is 0.321 e. The molecule has 0 aliphatic carbocycles. The van der Waals surface area contributed by atoms with Crippen molar-refractivity contribution in [3.05, 3.63) is 0 Å². The van der Waals surface area contributed by atoms with Gasteiger partial charge in [-0.15, -0.1) is 0 Å². The van der Waals surface area contributed by atoms with Crippen LogP contribution in [0.4, 0.5) is 0 Å². The number of carboxylic acid groups (broad SMARTS) is 1. The molecule has 0 saturated carbocycles. The number of hydrogen-bond acceptors (Lipinski definition) is 3. The lowest BCUT2D eigenvalue weighted by Crippen LogP contribution is -2.51. The van der Waals surface area contributed by atoms with E-state index in [1.165, 1.54) is 0 Å². The molecule has 2 N–H and O–H groups in total. The molecule has 0 spiro atoms. The summed E-state index contributed by atoms with van der Waals surface area (Å²) in [5, 5.41) is 12.1. The van der Waals surface area contributed by atoms with Gasteiger partial charge in [-0.2, -0.15) is 0 Å². The first-order chi connectivity index (χ1) is 8.34. The molecular weight excluding hydrogens is 232 g/mol. The summed E-state index contributed by atoms with van der Waals surface area (Å²) < 4.78 is 0. The fourth-order valence-electron chi connectivity index (χ4n) is 2.40. The maximum atomic E-state index is 12.0. The molecule has 1 fully saturated rings. The van der Waals surface area contributed by atoms with E-state index in [1.54, 1.807) is 11.8 Å². The molecule has 3 atom stereocenters. The topological polar surface area (TPSA) is 69.6 Å². The number of aliphatic carboxylic acids is 1. The molecule has 0 aromatic heterocycles. The van der Waals surface area contributed by atoms with Crippen molar-refractivity contribution >= 4 is 11.9 Å². The largest absolute Gasteiger partial charge is 0.480 e. The van der Waals surface area contributed by atoms with Gasteiger partial charge < -0.3 is 10.4 Å². The molecule has 18 heavy (non-hydrogen) atoms. The van der Waals surface area contributed by atoms with Crippen molar-refractivity contribution in [3.8, 4) is 0 Å². The van der Waals surface area contributed by atoms with Crippen LogP contribution in [0.2, 0.25) is 0 Å². The Bertz CT molecular complexity index is 317. The number of carboxylic acids is 1. The first kappa shape index (κ1) is 15.0. The van der Waals surface area contributed by atoms with Gasteiger partial charge in [0.05, 0.1) is 6.04 Å². The molecule has 0 bridgehead atoms. The minimum atomic E-state index is -0.830. The van der Waals surface area contributed by atoms with E-state index in [0.29, 0.717) is 19.0 Å². The second-order valence-corrected chi connectivity index (χ2v) is 5.60. The lowest BCUT2D eigenvalue weighted by molar-refractivity contribution is -0.145. The van der Waals surface area contributed by atoms with Crippen LogP contribution in [0.5, 0.6) is 0 Å². The van der Waals surface area contributed by atoms with Crippen molar-refractivity contribution in [2.45, 2.75) is 46.2 Å². The van der Waals surface area contributed by atoms with Crippen LogP contribution in [-0.4, -0.2) is 47.1 Å². The van der Waals surface area contributed by atoms with Crippen LogP contribution in [0.1, 0.15) is 34.1 Å². The number of rotatable bonds is 5. The van der Waals surface area contributed by atoms with Crippen molar-refractivity contribution < 1.29 is 14.7 Å². The van der Waals surface area contributed by atoms with E-state index in [-0.39, 0.29) is 17.9 Å². The highest BCUT2D eigenvalue weighted by atomic mass is 16.4. The highest BCUT2D eigenvalue weighted by molar-refractivity contribution is 5.83. The predicted octanol–water partition coefficient (Wildman–Crippen LogP) is 0.942. The average Bonchev–Trinajstić information content (AvgIpc) is 2.66. The molecule has 0 aromatic carbocycles. The molecule has 1 aliphatic heterocycles. The van der Waals surface area contributed by atoms with Gasteiger partial charge in [0, 0.05) is 13.1 Å². The van der Waals surface area contributed by atoms with Crippen LogP contribution in [0.3, 0.4) is 0 Å². The Labute approximate surface area is 109 Å². The number of amides is 1. The molecule has 0 aromatic rings. The predicted molar refractivity (Wildman–Crippen MR) is 69.2 cm³/mol. The van der Waals surface area contributed by atoms with E-state index in [4.69, 9.17) is 0 Å². The minimum Gasteiger partial charge on any atom is -0.480 e. The number of hydrogen-bond donors (Lipinski definition) is 2. The number of likely N-dealkylation sites (tertiary alicyclic amines) is 1. The Balaban J connectivity index is 2.62. The monoisotopic (exact) mass is 256 g/mol. The van der Waals surface area contributed by atoms with E-state index in [2.05, 4.69) is 5.32 Å². The van der Waals surface area contributed by atoms with Gasteiger partial charge in [0.15, 0.2) is 0 Å². The molecule has 1 heterocycles. The van der Waals surface area contributed by atoms with Gasteiger partial charge in [-0.05, 0) is 25.2 Å². The van der Waals surface area contributed by atoms with Gasteiger partial charge in [0.25, 0.3) is 0 Å². The van der Waals surface area contributed by atoms with Gasteiger partial charge in [-0.3, -0.25) is 14.5 Å². The van der Waals surface area contributed by atoms with Crippen LogP contribution in [-0.2, 0) is 9.59 Å². The van der Waals surface area contributed by atoms with E-state index in [0.717, 1.165) is 6.42 Å². The molecule has 1 amide bonds. The van der Waals surface area contributed by atoms with Gasteiger partial charge >= 0.3 is 5.97 Å². The van der Waals surface area contributed by atoms with Crippen molar-refractivity contribution in [1.82, 2.24) is 10.2 Å². The fraction of sp³-hybridized carbons (Fsp3) is 0.846. The van der Waals surface area contributed by atoms with Crippen molar-refractivity contribution in [2.75, 3.05) is 13.1 Å². The van der Waals surface area contributed by atoms with E-state index < -0.39 is 12.0 Å². The normalized spacial score (nSPS) is 26.3. The number of nitrogens with one attached hydrogen (secondary N) is 1. The summed E-state index contributed by atoms with van der Waals surface area (Å²) in [7, 11) is 0. The van der Waals surface area contributed by atoms with Gasteiger partial charge in [0.2, 0.25) is 5.91 Å². The van der Waals surface area contributed by atoms with Crippen molar-refractivity contribution in [1.29, 1.82) is 0 Å². The summed E-state index contributed by atoms with van der Waals surface area (Å²) in [5.41, 5.74) is 0. The third-order valence-corrected chi connectivity index (χ3v) is 3.55. The van der Waals surface area contributed by atoms with Crippen LogP contribution in [0, 0.1) is 11.8 Å². The Hall–Kier alpha value is -1.10. The maximum Gasteiger partial charge on any atom is 0.321 e. The first-order valence-electron chi connectivity index (χ1n) is 6.60. The lowest BCUT2D eigenvalue weighted by atomic mass is 10.0. The second kappa shape index (κ2) is 6.18. The second-order valence-electron chi connectivity index (χ2n) is 5.60. The van der Waals surface area contributed by atoms with E-state index in [9.17, 15) is 14.7 Å². The minimum absolute atomic E-state index is 0.0796. The van der Waals surface area contributed by atoms with Crippen LogP contribution >= 0.6 is 0 Å². The summed E-state index contributed by atoms with van der Waals surface area (Å²) in [6.45, 7) is 9.08. The third kappa shape index (κ3) is 3.45. The van der Waals surface area contributed by atoms with Gasteiger partial charge in [-0.25, -0.2) is 0 Å². The summed E-state index contributed by atoms with van der Waals surface area (Å²) in [6, 6.07) is -0.917. The Morgan fingerprint density at radius 3 is 2.50 bits per heavy atom. The summed E-state index contributed by atoms with van der Waals surface area (Å²) in [4.78, 5) is 25.0. The van der Waals surface area contributed by atoms with Gasteiger partial charge in [-0.1, -0.05) is 20.8 Å². The van der Waals surface area contributed by atoms with Gasteiger partial charge in [0.1, 0.15) is 6.04 Å². The van der Waals surface area contributed by atoms with Crippen LogP contribution in [0.15, 0.2) is 0 Å². The van der Waals surface area contributed by atoms with E-state index >= 15 is 0 Å². The third-order valence-electron chi connectivity index (χ3n) is 3.55. The zero-order chi connectivity index (χ0) is 13.9. The Morgan fingerprint density at radius 2 is 2.00 bits per heavy atom. The molecule has 1 rings (SSSR count). The zero-order valence-corrected chi connectivity index (χ0v) is 11.6. The molecule has 5 heteroatoms. The highest BCUT2D eigenvalue weighted by Gasteiger charge is 2.40. The molecule has 1 aliphatic rings. The zero-order valence-electron chi connectivity index (χ0n) is 11.6. The first-order valence-corrected chi connectivity index (χ1v) is 6.60. The summed E-state index contributed by atoms with van der Waals surface area (Å²) in [5.74, 6) is -0.413. The number of nitrogens with zero attached hydrogens (tertiary/aromatic N) is 1. The summed E-state index contributed by atoms with van der Waals surface area (Å²) in [6.07, 6.45) is 0.832. The molecule has 1 saturated heterocycles. The quantitative estimate of drug-likeness (QED) is 0.768. The average molecular weight is 256 g/mol. The van der Waals surface area contributed by atoms with E-state index in [1.807, 2.05) is 20.8 Å². The molecule has 0 radical (unpaired) electrons. The SMILES string of the molecule is CC(C)CNC(=O)C(C)N1CCC(C)C1C(=O)O.